The van der Waals surface area contributed by atoms with Gasteiger partial charge in [0.15, 0.2) is 0 Å². The normalized spacial score (nSPS) is 16.3. The largest absolute Gasteiger partial charge is 0.392 e. The van der Waals surface area contributed by atoms with Crippen LogP contribution in [0.15, 0.2) is 28.2 Å². The van der Waals surface area contributed by atoms with E-state index in [9.17, 15) is 5.11 Å². The Morgan fingerprint density at radius 2 is 2.25 bits per heavy atom. The van der Waals surface area contributed by atoms with Gasteiger partial charge in [-0.1, -0.05) is 25.1 Å². The van der Waals surface area contributed by atoms with Gasteiger partial charge in [-0.05, 0) is 23.6 Å². The number of aliphatic hydroxyl groups excluding tert-OH is 1. The molecule has 3 heteroatoms. The van der Waals surface area contributed by atoms with E-state index in [4.69, 9.17) is 0 Å². The van der Waals surface area contributed by atoms with Gasteiger partial charge in [0, 0.05) is 11.6 Å². The number of hydrogen-bond acceptors (Lipinski definition) is 3. The van der Waals surface area contributed by atoms with Crippen molar-refractivity contribution in [2.75, 3.05) is 6.54 Å². The lowest BCUT2D eigenvalue weighted by molar-refractivity contribution is 0.281. The molecule has 1 aromatic carbocycles. The Morgan fingerprint density at radius 1 is 1.44 bits per heavy atom. The molecule has 0 amide bonds. The minimum Gasteiger partial charge on any atom is -0.392 e. The average molecular weight is 216 g/mol. The third-order valence-corrected chi connectivity index (χ3v) is 3.18. The predicted molar refractivity (Wildman–Crippen MR) is 66.3 cm³/mol. The van der Waals surface area contributed by atoms with Crippen LogP contribution < -0.4 is 0 Å². The van der Waals surface area contributed by atoms with Crippen molar-refractivity contribution in [1.29, 1.82) is 0 Å². The van der Waals surface area contributed by atoms with Crippen molar-refractivity contribution >= 4 is 12.1 Å². The van der Waals surface area contributed by atoms with Gasteiger partial charge in [0.1, 0.15) is 6.34 Å². The van der Waals surface area contributed by atoms with Crippen LogP contribution in [0.1, 0.15) is 29.5 Å². The lowest BCUT2D eigenvalue weighted by Crippen LogP contribution is -2.12. The van der Waals surface area contributed by atoms with Crippen molar-refractivity contribution in [3.05, 3.63) is 34.9 Å². The van der Waals surface area contributed by atoms with Crippen molar-refractivity contribution < 1.29 is 5.11 Å². The number of benzene rings is 1. The molecule has 0 fully saturated rings. The zero-order chi connectivity index (χ0) is 11.5. The molecule has 3 nitrogen and oxygen atoms in total. The Balaban J connectivity index is 2.33. The molecule has 1 heterocycles. The first-order chi connectivity index (χ1) is 7.74. The Bertz CT molecular complexity index is 449. The first-order valence-corrected chi connectivity index (χ1v) is 5.48. The maximum Gasteiger partial charge on any atom is 0.110 e. The highest BCUT2D eigenvalue weighted by Crippen LogP contribution is 2.24. The summed E-state index contributed by atoms with van der Waals surface area (Å²) in [6.45, 7) is 4.98. The van der Waals surface area contributed by atoms with Gasteiger partial charge in [0.2, 0.25) is 0 Å². The van der Waals surface area contributed by atoms with Gasteiger partial charge in [-0.15, -0.1) is 0 Å². The highest BCUT2D eigenvalue weighted by atomic mass is 16.3. The highest BCUT2D eigenvalue weighted by Gasteiger charge is 2.17. The number of nitrogens with zero attached hydrogens (tertiary/aromatic N) is 2. The van der Waals surface area contributed by atoms with Gasteiger partial charge in [-0.2, -0.15) is 0 Å². The fraction of sp³-hybridized carbons (Fsp3) is 0.385. The minimum atomic E-state index is 0.0926. The van der Waals surface area contributed by atoms with E-state index in [-0.39, 0.29) is 12.5 Å². The molecule has 0 aromatic heterocycles. The summed E-state index contributed by atoms with van der Waals surface area (Å²) in [5, 5.41) is 9.24. The number of aliphatic hydroxyl groups is 1. The predicted octanol–water partition coefficient (Wildman–Crippen LogP) is 2.07. The van der Waals surface area contributed by atoms with E-state index in [0.29, 0.717) is 6.54 Å². The molecule has 0 saturated carbocycles. The summed E-state index contributed by atoms with van der Waals surface area (Å²) in [6, 6.07) is 6.04. The van der Waals surface area contributed by atoms with E-state index in [1.807, 2.05) is 19.1 Å². The molecule has 0 spiro atoms. The van der Waals surface area contributed by atoms with Crippen LogP contribution in [0.2, 0.25) is 0 Å². The van der Waals surface area contributed by atoms with Crippen molar-refractivity contribution in [1.82, 2.24) is 0 Å². The Kier molecular flexibility index (Phi) is 3.15. The maximum atomic E-state index is 9.24. The SMILES string of the molecule is Cc1c(CO)cccc1[C@@H](C)C1=NC=NC1. The van der Waals surface area contributed by atoms with Gasteiger partial charge in [0.05, 0.1) is 13.2 Å². The van der Waals surface area contributed by atoms with Crippen molar-refractivity contribution in [2.45, 2.75) is 26.4 Å². The standard InChI is InChI=1S/C13H16N2O/c1-9-11(7-16)4-3-5-12(9)10(2)13-6-14-8-15-13/h3-5,8,10,16H,6-7H2,1-2H3/t10-/m1/s1. The molecule has 1 N–H and O–H groups in total. The lowest BCUT2D eigenvalue weighted by Gasteiger charge is -2.16. The summed E-state index contributed by atoms with van der Waals surface area (Å²) in [4.78, 5) is 8.38. The second-order valence-electron chi connectivity index (χ2n) is 4.09. The van der Waals surface area contributed by atoms with Crippen LogP contribution in [-0.4, -0.2) is 23.7 Å². The maximum absolute atomic E-state index is 9.24. The first-order valence-electron chi connectivity index (χ1n) is 5.48. The summed E-state index contributed by atoms with van der Waals surface area (Å²) in [5.74, 6) is 0.272. The van der Waals surface area contributed by atoms with Crippen LogP contribution in [0.4, 0.5) is 0 Å². The monoisotopic (exact) mass is 216 g/mol. The van der Waals surface area contributed by atoms with Gasteiger partial charge in [-0.25, -0.2) is 4.99 Å². The molecule has 1 atom stereocenters. The van der Waals surface area contributed by atoms with Crippen LogP contribution in [0.25, 0.3) is 0 Å². The molecule has 16 heavy (non-hydrogen) atoms. The van der Waals surface area contributed by atoms with E-state index in [1.54, 1.807) is 6.34 Å². The third kappa shape index (κ3) is 1.91. The summed E-state index contributed by atoms with van der Waals surface area (Å²) in [6.07, 6.45) is 1.62. The van der Waals surface area contributed by atoms with Gasteiger partial charge in [0.25, 0.3) is 0 Å². The minimum absolute atomic E-state index is 0.0926. The fourth-order valence-electron chi connectivity index (χ4n) is 2.06. The van der Waals surface area contributed by atoms with Crippen molar-refractivity contribution in [3.63, 3.8) is 0 Å². The van der Waals surface area contributed by atoms with Gasteiger partial charge < -0.3 is 5.11 Å². The number of aliphatic imine (C=N–C) groups is 2. The Labute approximate surface area is 95.6 Å². The molecule has 1 aliphatic rings. The Hall–Kier alpha value is -1.48. The van der Waals surface area contributed by atoms with E-state index in [1.165, 1.54) is 5.56 Å². The summed E-state index contributed by atoms with van der Waals surface area (Å²) in [7, 11) is 0. The van der Waals surface area contributed by atoms with Crippen molar-refractivity contribution in [2.24, 2.45) is 9.98 Å². The molecule has 0 unspecified atom stereocenters. The fourth-order valence-corrected chi connectivity index (χ4v) is 2.06. The second-order valence-corrected chi connectivity index (χ2v) is 4.09. The smallest absolute Gasteiger partial charge is 0.110 e. The molecule has 2 rings (SSSR count). The van der Waals surface area contributed by atoms with Crippen LogP contribution in [0.3, 0.4) is 0 Å². The zero-order valence-electron chi connectivity index (χ0n) is 9.64. The molecule has 0 bridgehead atoms. The summed E-state index contributed by atoms with van der Waals surface area (Å²) in [5.41, 5.74) is 4.48. The topological polar surface area (TPSA) is 45.0 Å². The molecule has 0 saturated heterocycles. The molecular weight excluding hydrogens is 200 g/mol. The molecule has 84 valence electrons. The van der Waals surface area contributed by atoms with Gasteiger partial charge >= 0.3 is 0 Å². The molecule has 0 aliphatic carbocycles. The van der Waals surface area contributed by atoms with Crippen LogP contribution in [0.5, 0.6) is 0 Å². The van der Waals surface area contributed by atoms with Crippen LogP contribution >= 0.6 is 0 Å². The highest BCUT2D eigenvalue weighted by molar-refractivity contribution is 6.00. The van der Waals surface area contributed by atoms with E-state index in [2.05, 4.69) is 23.0 Å². The molecule has 1 aliphatic heterocycles. The zero-order valence-corrected chi connectivity index (χ0v) is 9.64. The van der Waals surface area contributed by atoms with Crippen LogP contribution in [-0.2, 0) is 6.61 Å². The number of hydrogen-bond donors (Lipinski definition) is 1. The molecule has 0 radical (unpaired) electrons. The molecular formula is C13H16N2O. The number of rotatable bonds is 3. The first kappa shape index (κ1) is 11.0. The Morgan fingerprint density at radius 3 is 2.88 bits per heavy atom. The van der Waals surface area contributed by atoms with Gasteiger partial charge in [-0.3, -0.25) is 4.99 Å². The lowest BCUT2D eigenvalue weighted by atomic mass is 9.90. The van der Waals surface area contributed by atoms with E-state index >= 15 is 0 Å². The average Bonchev–Trinajstić information content (AvgIpc) is 2.82. The van der Waals surface area contributed by atoms with E-state index in [0.717, 1.165) is 16.8 Å². The third-order valence-electron chi connectivity index (χ3n) is 3.18. The summed E-state index contributed by atoms with van der Waals surface area (Å²) < 4.78 is 0. The summed E-state index contributed by atoms with van der Waals surface area (Å²) >= 11 is 0. The second kappa shape index (κ2) is 4.58. The molecule has 1 aromatic rings. The quantitative estimate of drug-likeness (QED) is 0.826. The van der Waals surface area contributed by atoms with Crippen molar-refractivity contribution in [3.8, 4) is 0 Å². The van der Waals surface area contributed by atoms with Crippen LogP contribution in [0, 0.1) is 6.92 Å². The van der Waals surface area contributed by atoms with E-state index < -0.39 is 0 Å².